The van der Waals surface area contributed by atoms with Crippen LogP contribution in [-0.4, -0.2) is 42.4 Å². The highest BCUT2D eigenvalue weighted by molar-refractivity contribution is 5.92. The van der Waals surface area contributed by atoms with Crippen molar-refractivity contribution in [2.45, 2.75) is 6.42 Å². The zero-order valence-corrected chi connectivity index (χ0v) is 15.1. The van der Waals surface area contributed by atoms with Crippen LogP contribution in [0.15, 0.2) is 30.3 Å². The number of carboxylic acid groups (broad SMARTS) is 1. The van der Waals surface area contributed by atoms with Gasteiger partial charge in [-0.05, 0) is 23.8 Å². The molecule has 8 heteroatoms. The van der Waals surface area contributed by atoms with Gasteiger partial charge in [0.15, 0.2) is 11.5 Å². The molecule has 0 aliphatic rings. The van der Waals surface area contributed by atoms with Gasteiger partial charge in [0.25, 0.3) is 0 Å². The number of rotatable bonds is 6. The van der Waals surface area contributed by atoms with Crippen LogP contribution in [0.2, 0.25) is 0 Å². The van der Waals surface area contributed by atoms with E-state index in [-0.39, 0.29) is 11.5 Å². The van der Waals surface area contributed by atoms with Gasteiger partial charge in [0, 0.05) is 11.8 Å². The molecule has 1 heterocycles. The largest absolute Gasteiger partial charge is 0.493 e. The van der Waals surface area contributed by atoms with E-state index in [0.717, 1.165) is 5.56 Å². The topological polar surface area (TPSA) is 117 Å². The van der Waals surface area contributed by atoms with Crippen LogP contribution in [0, 0.1) is 0 Å². The van der Waals surface area contributed by atoms with Gasteiger partial charge in [-0.15, -0.1) is 0 Å². The Morgan fingerprint density at radius 2 is 1.70 bits per heavy atom. The Morgan fingerprint density at radius 1 is 1.04 bits per heavy atom. The fraction of sp³-hybridized carbons (Fsp3) is 0.211. The maximum Gasteiger partial charge on any atom is 0.335 e. The Labute approximate surface area is 155 Å². The highest BCUT2D eigenvalue weighted by Crippen LogP contribution is 2.43. The van der Waals surface area contributed by atoms with E-state index < -0.39 is 5.97 Å². The van der Waals surface area contributed by atoms with E-state index in [0.29, 0.717) is 40.3 Å². The van der Waals surface area contributed by atoms with Crippen molar-refractivity contribution < 1.29 is 24.1 Å². The SMILES string of the molecule is COc1cc2c(Cc3ccc(C(=O)O)cc3)nc(N)nc2c(OC)c1OC. The molecule has 0 spiro atoms. The quantitative estimate of drug-likeness (QED) is 0.681. The number of fused-ring (bicyclic) bond motifs is 1. The van der Waals surface area contributed by atoms with Gasteiger partial charge < -0.3 is 25.1 Å². The highest BCUT2D eigenvalue weighted by Gasteiger charge is 2.20. The molecular weight excluding hydrogens is 350 g/mol. The molecule has 3 aromatic rings. The summed E-state index contributed by atoms with van der Waals surface area (Å²) in [6.07, 6.45) is 0.432. The lowest BCUT2D eigenvalue weighted by Gasteiger charge is -2.16. The van der Waals surface area contributed by atoms with Gasteiger partial charge in [0.05, 0.1) is 32.6 Å². The van der Waals surface area contributed by atoms with E-state index in [9.17, 15) is 4.79 Å². The molecule has 0 unspecified atom stereocenters. The van der Waals surface area contributed by atoms with E-state index in [1.807, 2.05) is 0 Å². The molecule has 3 rings (SSSR count). The van der Waals surface area contributed by atoms with E-state index in [2.05, 4.69) is 9.97 Å². The number of hydrogen-bond acceptors (Lipinski definition) is 7. The summed E-state index contributed by atoms with van der Waals surface area (Å²) >= 11 is 0. The molecule has 0 aliphatic heterocycles. The van der Waals surface area contributed by atoms with Crippen molar-refractivity contribution in [1.29, 1.82) is 0 Å². The third-order valence-corrected chi connectivity index (χ3v) is 4.16. The maximum atomic E-state index is 11.0. The van der Waals surface area contributed by atoms with Crippen molar-refractivity contribution in [2.24, 2.45) is 0 Å². The standard InChI is InChI=1S/C19H19N3O5/c1-25-14-9-12-13(8-10-4-6-11(7-5-10)18(23)24)21-19(20)22-15(12)17(27-3)16(14)26-2/h4-7,9H,8H2,1-3H3,(H,23,24)(H2,20,21,22). The average Bonchev–Trinajstić information content (AvgIpc) is 2.66. The second-order valence-electron chi connectivity index (χ2n) is 5.75. The van der Waals surface area contributed by atoms with E-state index in [1.54, 1.807) is 30.3 Å². The third-order valence-electron chi connectivity index (χ3n) is 4.16. The number of methoxy groups -OCH3 is 3. The Kier molecular flexibility index (Phi) is 4.98. The van der Waals surface area contributed by atoms with E-state index >= 15 is 0 Å². The van der Waals surface area contributed by atoms with Gasteiger partial charge >= 0.3 is 5.97 Å². The van der Waals surface area contributed by atoms with Gasteiger partial charge in [-0.2, -0.15) is 0 Å². The van der Waals surface area contributed by atoms with E-state index in [4.69, 9.17) is 25.1 Å². The summed E-state index contributed by atoms with van der Waals surface area (Å²) in [5.74, 6) is 0.438. The lowest BCUT2D eigenvalue weighted by Crippen LogP contribution is -2.05. The van der Waals surface area contributed by atoms with Gasteiger partial charge in [0.1, 0.15) is 5.52 Å². The molecule has 0 atom stereocenters. The van der Waals surface area contributed by atoms with Crippen LogP contribution in [-0.2, 0) is 6.42 Å². The van der Waals surface area contributed by atoms with Crippen LogP contribution in [0.4, 0.5) is 5.95 Å². The van der Waals surface area contributed by atoms with Gasteiger partial charge in [0.2, 0.25) is 11.7 Å². The molecule has 8 nitrogen and oxygen atoms in total. The molecule has 0 amide bonds. The molecule has 0 saturated heterocycles. The lowest BCUT2D eigenvalue weighted by molar-refractivity contribution is 0.0697. The monoisotopic (exact) mass is 369 g/mol. The third kappa shape index (κ3) is 3.41. The number of aromatic carboxylic acids is 1. The number of aromatic nitrogens is 2. The fourth-order valence-corrected chi connectivity index (χ4v) is 2.90. The molecule has 3 N–H and O–H groups in total. The number of hydrogen-bond donors (Lipinski definition) is 2. The zero-order valence-electron chi connectivity index (χ0n) is 15.1. The summed E-state index contributed by atoms with van der Waals surface area (Å²) < 4.78 is 16.3. The van der Waals surface area contributed by atoms with Crippen LogP contribution in [0.25, 0.3) is 10.9 Å². The number of carbonyl (C=O) groups is 1. The molecule has 0 radical (unpaired) electrons. The lowest BCUT2D eigenvalue weighted by atomic mass is 10.0. The second kappa shape index (κ2) is 7.36. The Balaban J connectivity index is 2.16. The van der Waals surface area contributed by atoms with Crippen molar-refractivity contribution in [3.63, 3.8) is 0 Å². The van der Waals surface area contributed by atoms with Crippen molar-refractivity contribution in [1.82, 2.24) is 9.97 Å². The minimum absolute atomic E-state index is 0.102. The summed E-state index contributed by atoms with van der Waals surface area (Å²) in [4.78, 5) is 19.7. The molecule has 0 fully saturated rings. The number of nitrogens with two attached hydrogens (primary N) is 1. The maximum absolute atomic E-state index is 11.0. The van der Waals surface area contributed by atoms with Crippen molar-refractivity contribution in [2.75, 3.05) is 27.1 Å². The normalized spacial score (nSPS) is 10.6. The van der Waals surface area contributed by atoms with Crippen LogP contribution >= 0.6 is 0 Å². The number of nitrogens with zero attached hydrogens (tertiary/aromatic N) is 2. The number of ether oxygens (including phenoxy) is 3. The molecule has 140 valence electrons. The molecular formula is C19H19N3O5. The summed E-state index contributed by atoms with van der Waals surface area (Å²) in [5, 5.41) is 9.74. The van der Waals surface area contributed by atoms with Crippen molar-refractivity contribution in [3.05, 3.63) is 47.2 Å². The van der Waals surface area contributed by atoms with Crippen LogP contribution in [0.1, 0.15) is 21.6 Å². The van der Waals surface area contributed by atoms with Gasteiger partial charge in [-0.1, -0.05) is 12.1 Å². The Morgan fingerprint density at radius 3 is 2.26 bits per heavy atom. The van der Waals surface area contributed by atoms with Crippen molar-refractivity contribution in [3.8, 4) is 17.2 Å². The van der Waals surface area contributed by atoms with Crippen molar-refractivity contribution >= 4 is 22.8 Å². The number of anilines is 1. The predicted molar refractivity (Wildman–Crippen MR) is 99.8 cm³/mol. The number of benzene rings is 2. The molecule has 27 heavy (non-hydrogen) atoms. The molecule has 0 bridgehead atoms. The number of carboxylic acids is 1. The molecule has 2 aromatic carbocycles. The first-order valence-corrected chi connectivity index (χ1v) is 8.05. The second-order valence-corrected chi connectivity index (χ2v) is 5.75. The summed E-state index contributed by atoms with van der Waals surface area (Å²) in [6, 6.07) is 8.36. The minimum atomic E-state index is -0.972. The average molecular weight is 369 g/mol. The van der Waals surface area contributed by atoms with Gasteiger partial charge in [-0.25, -0.2) is 14.8 Å². The van der Waals surface area contributed by atoms with Crippen LogP contribution in [0.5, 0.6) is 17.2 Å². The fourth-order valence-electron chi connectivity index (χ4n) is 2.90. The first-order valence-electron chi connectivity index (χ1n) is 8.05. The van der Waals surface area contributed by atoms with Gasteiger partial charge in [-0.3, -0.25) is 0 Å². The minimum Gasteiger partial charge on any atom is -0.493 e. The molecule has 0 saturated carbocycles. The predicted octanol–water partition coefficient (Wildman–Crippen LogP) is 2.53. The van der Waals surface area contributed by atoms with Crippen LogP contribution in [0.3, 0.4) is 0 Å². The Bertz CT molecular complexity index is 1000. The first-order chi connectivity index (χ1) is 13.0. The summed E-state index contributed by atoms with van der Waals surface area (Å²) in [7, 11) is 4.56. The highest BCUT2D eigenvalue weighted by atomic mass is 16.5. The number of nitrogen functional groups attached to an aromatic ring is 1. The molecule has 0 aliphatic carbocycles. The van der Waals surface area contributed by atoms with E-state index in [1.165, 1.54) is 21.3 Å². The summed E-state index contributed by atoms with van der Waals surface area (Å²) in [6.45, 7) is 0. The van der Waals surface area contributed by atoms with Crippen LogP contribution < -0.4 is 19.9 Å². The Hall–Kier alpha value is -3.55. The first kappa shape index (κ1) is 18.2. The zero-order chi connectivity index (χ0) is 19.6. The summed E-state index contributed by atoms with van der Waals surface area (Å²) in [5.41, 5.74) is 8.18. The molecule has 1 aromatic heterocycles. The smallest absolute Gasteiger partial charge is 0.335 e.